The number of benzene rings is 2. The second-order valence-corrected chi connectivity index (χ2v) is 9.10. The van der Waals surface area contributed by atoms with Crippen molar-refractivity contribution in [1.82, 2.24) is 14.7 Å². The van der Waals surface area contributed by atoms with Crippen molar-refractivity contribution < 1.29 is 19.4 Å². The second kappa shape index (κ2) is 8.90. The maximum absolute atomic E-state index is 13.1. The number of hydrogen-bond acceptors (Lipinski definition) is 4. The highest BCUT2D eigenvalue weighted by molar-refractivity contribution is 6.40. The van der Waals surface area contributed by atoms with Gasteiger partial charge in [0.25, 0.3) is 5.91 Å². The highest BCUT2D eigenvalue weighted by atomic mass is 35.5. The standard InChI is InChI=1S/C22H19Cl3FN3O3/c23-14-9-16(24)20(17(25)10-14)29-12-18(30)19(27-29)21(31)28-7-5-22(32,6-8-28)11-13-1-3-15(26)4-2-13/h1-4,9-10,12,30,32H,5-8,11H2. The first-order chi connectivity index (χ1) is 15.1. The third kappa shape index (κ3) is 4.71. The number of carbonyl (C=O) groups is 1. The summed E-state index contributed by atoms with van der Waals surface area (Å²) < 4.78 is 14.3. The highest BCUT2D eigenvalue weighted by Gasteiger charge is 2.35. The molecule has 6 nitrogen and oxygen atoms in total. The number of carbonyl (C=O) groups excluding carboxylic acids is 1. The Kier molecular flexibility index (Phi) is 6.36. The number of aromatic nitrogens is 2. The molecule has 168 valence electrons. The minimum absolute atomic E-state index is 0.143. The van der Waals surface area contributed by atoms with Crippen LogP contribution in [0.5, 0.6) is 5.75 Å². The summed E-state index contributed by atoms with van der Waals surface area (Å²) in [4.78, 5) is 14.5. The van der Waals surface area contributed by atoms with Crippen molar-refractivity contribution in [3.63, 3.8) is 0 Å². The van der Waals surface area contributed by atoms with E-state index in [-0.39, 0.29) is 40.4 Å². The van der Waals surface area contributed by atoms with Crippen LogP contribution in [0.3, 0.4) is 0 Å². The molecule has 1 amide bonds. The summed E-state index contributed by atoms with van der Waals surface area (Å²) in [6.45, 7) is 0.566. The molecule has 0 radical (unpaired) electrons. The Hall–Kier alpha value is -2.32. The van der Waals surface area contributed by atoms with E-state index in [4.69, 9.17) is 34.8 Å². The Labute approximate surface area is 198 Å². The lowest BCUT2D eigenvalue weighted by Gasteiger charge is -2.38. The molecule has 2 N–H and O–H groups in total. The van der Waals surface area contributed by atoms with Gasteiger partial charge in [0.1, 0.15) is 11.5 Å². The lowest BCUT2D eigenvalue weighted by atomic mass is 9.85. The Morgan fingerprint density at radius 2 is 1.69 bits per heavy atom. The van der Waals surface area contributed by atoms with Crippen LogP contribution in [0, 0.1) is 5.82 Å². The van der Waals surface area contributed by atoms with E-state index < -0.39 is 11.5 Å². The molecule has 1 fully saturated rings. The van der Waals surface area contributed by atoms with Gasteiger partial charge in [0, 0.05) is 24.5 Å². The molecule has 10 heteroatoms. The first-order valence-electron chi connectivity index (χ1n) is 9.85. The van der Waals surface area contributed by atoms with Crippen molar-refractivity contribution in [2.75, 3.05) is 13.1 Å². The molecule has 2 heterocycles. The van der Waals surface area contributed by atoms with Crippen LogP contribution in [-0.4, -0.2) is 49.5 Å². The fraction of sp³-hybridized carbons (Fsp3) is 0.273. The van der Waals surface area contributed by atoms with Gasteiger partial charge in [-0.3, -0.25) is 4.79 Å². The van der Waals surface area contributed by atoms with Crippen molar-refractivity contribution in [1.29, 1.82) is 0 Å². The van der Waals surface area contributed by atoms with Crippen LogP contribution in [0.25, 0.3) is 5.69 Å². The molecule has 0 saturated carbocycles. The zero-order valence-corrected chi connectivity index (χ0v) is 19.0. The monoisotopic (exact) mass is 497 g/mol. The van der Waals surface area contributed by atoms with E-state index in [1.165, 1.54) is 40.0 Å². The second-order valence-electron chi connectivity index (χ2n) is 7.85. The molecule has 1 saturated heterocycles. The molecule has 0 unspecified atom stereocenters. The van der Waals surface area contributed by atoms with Crippen LogP contribution < -0.4 is 0 Å². The van der Waals surface area contributed by atoms with Gasteiger partial charge in [-0.15, -0.1) is 0 Å². The van der Waals surface area contributed by atoms with E-state index in [1.54, 1.807) is 12.1 Å². The average Bonchev–Trinajstić information content (AvgIpc) is 3.10. The molecule has 0 aliphatic carbocycles. The number of hydrogen-bond donors (Lipinski definition) is 2. The highest BCUT2D eigenvalue weighted by Crippen LogP contribution is 2.34. The van der Waals surface area contributed by atoms with Gasteiger partial charge in [-0.25, -0.2) is 9.07 Å². The number of aliphatic hydroxyl groups is 1. The van der Waals surface area contributed by atoms with Crippen LogP contribution in [-0.2, 0) is 6.42 Å². The quantitative estimate of drug-likeness (QED) is 0.537. The van der Waals surface area contributed by atoms with Gasteiger partial charge in [-0.2, -0.15) is 5.10 Å². The summed E-state index contributed by atoms with van der Waals surface area (Å²) in [6, 6.07) is 8.96. The van der Waals surface area contributed by atoms with Crippen molar-refractivity contribution >= 4 is 40.7 Å². The number of halogens is 4. The summed E-state index contributed by atoms with van der Waals surface area (Å²) in [7, 11) is 0. The molecule has 0 spiro atoms. The molecular weight excluding hydrogens is 480 g/mol. The van der Waals surface area contributed by atoms with Crippen LogP contribution in [0.4, 0.5) is 4.39 Å². The third-order valence-electron chi connectivity index (χ3n) is 5.54. The summed E-state index contributed by atoms with van der Waals surface area (Å²) in [5, 5.41) is 26.2. The largest absolute Gasteiger partial charge is 0.504 e. The number of aromatic hydroxyl groups is 1. The van der Waals surface area contributed by atoms with E-state index in [1.807, 2.05) is 0 Å². The minimum Gasteiger partial charge on any atom is -0.504 e. The summed E-state index contributed by atoms with van der Waals surface area (Å²) in [5.41, 5.74) is -0.0300. The van der Waals surface area contributed by atoms with E-state index in [0.29, 0.717) is 30.0 Å². The van der Waals surface area contributed by atoms with Crippen molar-refractivity contribution in [3.8, 4) is 11.4 Å². The maximum Gasteiger partial charge on any atom is 0.278 e. The van der Waals surface area contributed by atoms with E-state index in [2.05, 4.69) is 5.10 Å². The number of piperidine rings is 1. The van der Waals surface area contributed by atoms with Gasteiger partial charge in [0.05, 0.1) is 21.8 Å². The first-order valence-corrected chi connectivity index (χ1v) is 11.0. The summed E-state index contributed by atoms with van der Waals surface area (Å²) in [5.74, 6) is -1.11. The topological polar surface area (TPSA) is 78.6 Å². The number of likely N-dealkylation sites (tertiary alicyclic amines) is 1. The van der Waals surface area contributed by atoms with Gasteiger partial charge < -0.3 is 15.1 Å². The zero-order chi connectivity index (χ0) is 23.0. The van der Waals surface area contributed by atoms with Crippen LogP contribution in [0.2, 0.25) is 15.1 Å². The van der Waals surface area contributed by atoms with Gasteiger partial charge in [0.15, 0.2) is 11.4 Å². The SMILES string of the molecule is O=C(c1nn(-c2c(Cl)cc(Cl)cc2Cl)cc1O)N1CCC(O)(Cc2ccc(F)cc2)CC1. The van der Waals surface area contributed by atoms with Gasteiger partial charge >= 0.3 is 0 Å². The minimum atomic E-state index is -1.000. The summed E-state index contributed by atoms with van der Waals surface area (Å²) >= 11 is 18.4. The predicted octanol–water partition coefficient (Wildman–Crippen LogP) is 4.89. The third-order valence-corrected chi connectivity index (χ3v) is 6.33. The van der Waals surface area contributed by atoms with E-state index >= 15 is 0 Å². The molecule has 1 aliphatic rings. The molecular formula is C22H19Cl3FN3O3. The fourth-order valence-corrected chi connectivity index (χ4v) is 4.81. The Balaban J connectivity index is 1.47. The number of nitrogens with zero attached hydrogens (tertiary/aromatic N) is 3. The van der Waals surface area contributed by atoms with Crippen LogP contribution in [0.15, 0.2) is 42.6 Å². The van der Waals surface area contributed by atoms with Crippen LogP contribution in [0.1, 0.15) is 28.9 Å². The molecule has 1 aliphatic heterocycles. The van der Waals surface area contributed by atoms with Crippen molar-refractivity contribution in [2.24, 2.45) is 0 Å². The van der Waals surface area contributed by atoms with Gasteiger partial charge in [0.2, 0.25) is 0 Å². The lowest BCUT2D eigenvalue weighted by molar-refractivity contribution is -0.0164. The molecule has 2 aromatic carbocycles. The fourth-order valence-electron chi connectivity index (χ4n) is 3.82. The Morgan fingerprint density at radius 3 is 2.28 bits per heavy atom. The summed E-state index contributed by atoms with van der Waals surface area (Å²) in [6.07, 6.45) is 2.30. The number of rotatable bonds is 4. The Morgan fingerprint density at radius 1 is 1.09 bits per heavy atom. The molecule has 1 aromatic heterocycles. The van der Waals surface area contributed by atoms with Gasteiger partial charge in [-0.05, 0) is 42.7 Å². The maximum atomic E-state index is 13.1. The van der Waals surface area contributed by atoms with Crippen molar-refractivity contribution in [2.45, 2.75) is 24.9 Å². The molecule has 32 heavy (non-hydrogen) atoms. The molecule has 0 bridgehead atoms. The number of amides is 1. The molecule has 3 aromatic rings. The lowest BCUT2D eigenvalue weighted by Crippen LogP contribution is -2.47. The smallest absolute Gasteiger partial charge is 0.278 e. The molecule has 0 atom stereocenters. The van der Waals surface area contributed by atoms with Crippen LogP contribution >= 0.6 is 34.8 Å². The van der Waals surface area contributed by atoms with Crippen molar-refractivity contribution in [3.05, 3.63) is 74.7 Å². The predicted molar refractivity (Wildman–Crippen MR) is 120 cm³/mol. The Bertz CT molecular complexity index is 1140. The molecule has 4 rings (SSSR count). The van der Waals surface area contributed by atoms with E-state index in [9.17, 15) is 19.4 Å². The van der Waals surface area contributed by atoms with E-state index in [0.717, 1.165) is 5.56 Å². The normalized spacial score (nSPS) is 15.7. The first kappa shape index (κ1) is 22.9. The zero-order valence-electron chi connectivity index (χ0n) is 16.7. The van der Waals surface area contributed by atoms with Gasteiger partial charge in [-0.1, -0.05) is 46.9 Å². The average molecular weight is 499 g/mol.